The molecule has 0 spiro atoms. The highest BCUT2D eigenvalue weighted by molar-refractivity contribution is 6.05. The van der Waals surface area contributed by atoms with Gasteiger partial charge in [0.05, 0.1) is 5.92 Å². The molecule has 2 amide bonds. The summed E-state index contributed by atoms with van der Waals surface area (Å²) in [7, 11) is 0. The zero-order valence-corrected chi connectivity index (χ0v) is 25.4. The average Bonchev–Trinajstić information content (AvgIpc) is 3.10. The summed E-state index contributed by atoms with van der Waals surface area (Å²) in [5.41, 5.74) is 6.81. The SMILES string of the molecule is O=C(Nc1ccc(N2CCC(C(C(=O)Nc3ccccc3)c3ccccc3)CC2)cc1)c1ccccc1CCc1ccccc1. The third-order valence-corrected chi connectivity index (χ3v) is 8.77. The maximum absolute atomic E-state index is 13.6. The number of benzene rings is 5. The summed E-state index contributed by atoms with van der Waals surface area (Å²) in [5.74, 6) is -0.00450. The number of aryl methyl sites for hydroxylation is 2. The van der Waals surface area contributed by atoms with E-state index in [1.807, 2.05) is 103 Å². The Morgan fingerprint density at radius 3 is 1.89 bits per heavy atom. The van der Waals surface area contributed by atoms with E-state index in [0.29, 0.717) is 5.56 Å². The molecule has 0 radical (unpaired) electrons. The van der Waals surface area contributed by atoms with Crippen molar-refractivity contribution in [3.05, 3.63) is 162 Å². The van der Waals surface area contributed by atoms with Gasteiger partial charge in [-0.25, -0.2) is 0 Å². The van der Waals surface area contributed by atoms with Gasteiger partial charge in [-0.1, -0.05) is 97.1 Å². The van der Waals surface area contributed by atoms with Crippen LogP contribution in [0.5, 0.6) is 0 Å². The lowest BCUT2D eigenvalue weighted by Gasteiger charge is -2.37. The predicted octanol–water partition coefficient (Wildman–Crippen LogP) is 8.36. The number of piperidine rings is 1. The number of nitrogens with zero attached hydrogens (tertiary/aromatic N) is 1. The van der Waals surface area contributed by atoms with Crippen molar-refractivity contribution < 1.29 is 9.59 Å². The molecule has 1 aliphatic heterocycles. The van der Waals surface area contributed by atoms with Crippen LogP contribution in [0, 0.1) is 5.92 Å². The summed E-state index contributed by atoms with van der Waals surface area (Å²) in [6, 6.07) is 46.2. The Balaban J connectivity index is 1.07. The summed E-state index contributed by atoms with van der Waals surface area (Å²) >= 11 is 0. The summed E-state index contributed by atoms with van der Waals surface area (Å²) in [6.45, 7) is 1.74. The Bertz CT molecular complexity index is 1680. The highest BCUT2D eigenvalue weighted by atomic mass is 16.2. The average molecular weight is 594 g/mol. The zero-order valence-electron chi connectivity index (χ0n) is 25.4. The van der Waals surface area contributed by atoms with Crippen LogP contribution in [0.25, 0.3) is 0 Å². The second-order valence-electron chi connectivity index (χ2n) is 11.7. The van der Waals surface area contributed by atoms with E-state index < -0.39 is 0 Å². The number of carbonyl (C=O) groups is 2. The molecule has 5 nitrogen and oxygen atoms in total. The van der Waals surface area contributed by atoms with Crippen LogP contribution >= 0.6 is 0 Å². The van der Waals surface area contributed by atoms with Crippen LogP contribution in [-0.4, -0.2) is 24.9 Å². The van der Waals surface area contributed by atoms with Gasteiger partial charge in [-0.3, -0.25) is 9.59 Å². The normalized spacial score (nSPS) is 14.0. The smallest absolute Gasteiger partial charge is 0.255 e. The van der Waals surface area contributed by atoms with Crippen molar-refractivity contribution in [3.8, 4) is 0 Å². The van der Waals surface area contributed by atoms with Crippen LogP contribution in [0.2, 0.25) is 0 Å². The maximum atomic E-state index is 13.6. The summed E-state index contributed by atoms with van der Waals surface area (Å²) in [4.78, 5) is 29.2. The molecule has 5 aromatic carbocycles. The van der Waals surface area contributed by atoms with E-state index in [1.165, 1.54) is 5.56 Å². The molecule has 226 valence electrons. The Labute approximate surface area is 265 Å². The largest absolute Gasteiger partial charge is 0.372 e. The molecule has 2 N–H and O–H groups in total. The number of carbonyl (C=O) groups excluding carboxylic acids is 2. The lowest BCUT2D eigenvalue weighted by molar-refractivity contribution is -0.118. The van der Waals surface area contributed by atoms with Crippen LogP contribution in [-0.2, 0) is 17.6 Å². The molecule has 45 heavy (non-hydrogen) atoms. The molecule has 5 heteroatoms. The molecule has 1 saturated heterocycles. The lowest BCUT2D eigenvalue weighted by atomic mass is 9.79. The van der Waals surface area contributed by atoms with Gasteiger partial charge < -0.3 is 15.5 Å². The molecule has 1 fully saturated rings. The number of anilines is 3. The third-order valence-electron chi connectivity index (χ3n) is 8.77. The molecule has 0 aromatic heterocycles. The molecule has 0 saturated carbocycles. The molecule has 0 aliphatic carbocycles. The molecular formula is C40H39N3O2. The van der Waals surface area contributed by atoms with Gasteiger partial charge in [0.1, 0.15) is 0 Å². The number of nitrogens with one attached hydrogen (secondary N) is 2. The van der Waals surface area contributed by atoms with Gasteiger partial charge in [-0.15, -0.1) is 0 Å². The van der Waals surface area contributed by atoms with E-state index in [0.717, 1.165) is 67.0 Å². The van der Waals surface area contributed by atoms with E-state index >= 15 is 0 Å². The van der Waals surface area contributed by atoms with Crippen LogP contribution < -0.4 is 15.5 Å². The van der Waals surface area contributed by atoms with Gasteiger partial charge in [0.25, 0.3) is 5.91 Å². The number of hydrogen-bond donors (Lipinski definition) is 2. The fourth-order valence-electron chi connectivity index (χ4n) is 6.37. The maximum Gasteiger partial charge on any atom is 0.255 e. The van der Waals surface area contributed by atoms with Crippen molar-refractivity contribution in [2.24, 2.45) is 5.92 Å². The van der Waals surface area contributed by atoms with E-state index in [2.05, 4.69) is 51.9 Å². The minimum Gasteiger partial charge on any atom is -0.372 e. The van der Waals surface area contributed by atoms with Crippen molar-refractivity contribution in [3.63, 3.8) is 0 Å². The Morgan fingerprint density at radius 1 is 0.622 bits per heavy atom. The highest BCUT2D eigenvalue weighted by Gasteiger charge is 2.33. The molecular weight excluding hydrogens is 554 g/mol. The van der Waals surface area contributed by atoms with E-state index in [9.17, 15) is 9.59 Å². The molecule has 1 heterocycles. The molecule has 0 bridgehead atoms. The fraction of sp³-hybridized carbons (Fsp3) is 0.200. The Hall–Kier alpha value is -5.16. The first-order valence-electron chi connectivity index (χ1n) is 15.8. The van der Waals surface area contributed by atoms with Gasteiger partial charge in [0.2, 0.25) is 5.91 Å². The van der Waals surface area contributed by atoms with Crippen LogP contribution in [0.1, 0.15) is 45.8 Å². The summed E-state index contributed by atoms with van der Waals surface area (Å²) < 4.78 is 0. The number of hydrogen-bond acceptors (Lipinski definition) is 3. The second kappa shape index (κ2) is 14.5. The van der Waals surface area contributed by atoms with Crippen molar-refractivity contribution in [1.82, 2.24) is 0 Å². The van der Waals surface area contributed by atoms with Crippen molar-refractivity contribution >= 4 is 28.9 Å². The highest BCUT2D eigenvalue weighted by Crippen LogP contribution is 2.35. The first-order valence-corrected chi connectivity index (χ1v) is 15.8. The number of para-hydroxylation sites is 1. The zero-order chi connectivity index (χ0) is 30.8. The summed E-state index contributed by atoms with van der Waals surface area (Å²) in [5, 5.41) is 6.24. The fourth-order valence-corrected chi connectivity index (χ4v) is 6.37. The van der Waals surface area contributed by atoms with Gasteiger partial charge in [0, 0.05) is 35.7 Å². The molecule has 1 atom stereocenters. The lowest BCUT2D eigenvalue weighted by Crippen LogP contribution is -2.38. The topological polar surface area (TPSA) is 61.4 Å². The minimum absolute atomic E-state index is 0.0487. The van der Waals surface area contributed by atoms with Crippen molar-refractivity contribution in [2.45, 2.75) is 31.6 Å². The number of amides is 2. The van der Waals surface area contributed by atoms with Crippen molar-refractivity contribution in [2.75, 3.05) is 28.6 Å². The predicted molar refractivity (Wildman–Crippen MR) is 184 cm³/mol. The van der Waals surface area contributed by atoms with Gasteiger partial charge in [-0.2, -0.15) is 0 Å². The second-order valence-corrected chi connectivity index (χ2v) is 11.7. The Kier molecular flexibility index (Phi) is 9.66. The van der Waals surface area contributed by atoms with Crippen LogP contribution in [0.3, 0.4) is 0 Å². The first kappa shape index (κ1) is 29.9. The van der Waals surface area contributed by atoms with E-state index in [4.69, 9.17) is 0 Å². The summed E-state index contributed by atoms with van der Waals surface area (Å²) in [6.07, 6.45) is 3.53. The van der Waals surface area contributed by atoms with Crippen LogP contribution in [0.15, 0.2) is 140 Å². The Morgan fingerprint density at radius 2 is 1.20 bits per heavy atom. The van der Waals surface area contributed by atoms with Crippen LogP contribution in [0.4, 0.5) is 17.1 Å². The van der Waals surface area contributed by atoms with Crippen molar-refractivity contribution in [1.29, 1.82) is 0 Å². The molecule has 6 rings (SSSR count). The monoisotopic (exact) mass is 593 g/mol. The molecule has 5 aromatic rings. The standard InChI is InChI=1S/C40H39N3O2/c44-39(37-19-11-10-14-31(37)21-20-30-12-4-1-5-13-30)41-35-22-24-36(25-23-35)43-28-26-33(27-29-43)38(32-15-6-2-7-16-32)40(45)42-34-17-8-3-9-18-34/h1-19,22-25,33,38H,20-21,26-29H2,(H,41,44)(H,42,45). The van der Waals surface area contributed by atoms with Gasteiger partial charge in [0.15, 0.2) is 0 Å². The molecule has 1 aliphatic rings. The number of rotatable bonds is 10. The van der Waals surface area contributed by atoms with E-state index in [-0.39, 0.29) is 23.7 Å². The quantitative estimate of drug-likeness (QED) is 0.171. The third kappa shape index (κ3) is 7.68. The molecule has 1 unspecified atom stereocenters. The minimum atomic E-state index is -0.207. The van der Waals surface area contributed by atoms with Gasteiger partial charge in [-0.05, 0) is 90.8 Å². The first-order chi connectivity index (χ1) is 22.1. The van der Waals surface area contributed by atoms with Gasteiger partial charge >= 0.3 is 0 Å². The van der Waals surface area contributed by atoms with E-state index in [1.54, 1.807) is 0 Å².